The van der Waals surface area contributed by atoms with E-state index in [0.29, 0.717) is 31.9 Å². The Morgan fingerprint density at radius 3 is 2.34 bits per heavy atom. The molecule has 2 aromatic carbocycles. The molecule has 6 nitrogen and oxygen atoms in total. The zero-order valence-electron chi connectivity index (χ0n) is 17.4. The van der Waals surface area contributed by atoms with Gasteiger partial charge in [0.1, 0.15) is 0 Å². The maximum absolute atomic E-state index is 12.9. The highest BCUT2D eigenvalue weighted by Crippen LogP contribution is 2.28. The van der Waals surface area contributed by atoms with Crippen molar-refractivity contribution < 1.29 is 9.59 Å². The number of hydrogen-bond acceptors (Lipinski definition) is 5. The van der Waals surface area contributed by atoms with Crippen LogP contribution in [0.2, 0.25) is 0 Å². The molecule has 1 aliphatic heterocycles. The first-order chi connectivity index (χ1) is 15.7. The number of carbonyl (C=O) groups excluding carboxylic acids is 2. The van der Waals surface area contributed by atoms with Crippen LogP contribution in [0.25, 0.3) is 16.7 Å². The van der Waals surface area contributed by atoms with E-state index in [9.17, 15) is 9.59 Å². The maximum atomic E-state index is 12.9. The number of imidazole rings is 1. The van der Waals surface area contributed by atoms with Crippen LogP contribution in [0.3, 0.4) is 0 Å². The summed E-state index contributed by atoms with van der Waals surface area (Å²) in [6.45, 7) is 2.25. The largest absolute Gasteiger partial charge is 0.338 e. The van der Waals surface area contributed by atoms with Gasteiger partial charge in [0.05, 0.1) is 21.7 Å². The van der Waals surface area contributed by atoms with Gasteiger partial charge in [-0.1, -0.05) is 48.2 Å². The first-order valence-corrected chi connectivity index (χ1v) is 12.3. The second kappa shape index (κ2) is 9.18. The first-order valence-electron chi connectivity index (χ1n) is 10.5. The molecule has 1 aliphatic rings. The lowest BCUT2D eigenvalue weighted by atomic mass is 10.3. The fraction of sp³-hybridized carbons (Fsp3) is 0.208. The Balaban J connectivity index is 1.26. The van der Waals surface area contributed by atoms with Crippen molar-refractivity contribution in [3.63, 3.8) is 0 Å². The van der Waals surface area contributed by atoms with Gasteiger partial charge in [0.15, 0.2) is 5.16 Å². The molecule has 0 unspecified atom stereocenters. The van der Waals surface area contributed by atoms with Crippen LogP contribution < -0.4 is 0 Å². The lowest BCUT2D eigenvalue weighted by Gasteiger charge is -2.34. The Bertz CT molecular complexity index is 1230. The molecule has 0 N–H and O–H groups in total. The molecule has 0 saturated carbocycles. The lowest BCUT2D eigenvalue weighted by molar-refractivity contribution is -0.129. The average Bonchev–Trinajstić information content (AvgIpc) is 3.51. The van der Waals surface area contributed by atoms with Gasteiger partial charge in [-0.15, -0.1) is 11.3 Å². The number of carbonyl (C=O) groups is 2. The Kier molecular flexibility index (Phi) is 5.96. The summed E-state index contributed by atoms with van der Waals surface area (Å²) in [6, 6.07) is 21.8. The number of nitrogens with zero attached hydrogens (tertiary/aromatic N) is 4. The van der Waals surface area contributed by atoms with E-state index < -0.39 is 0 Å². The third kappa shape index (κ3) is 4.16. The number of aromatic nitrogens is 2. The van der Waals surface area contributed by atoms with Crippen LogP contribution in [-0.4, -0.2) is 63.1 Å². The van der Waals surface area contributed by atoms with Gasteiger partial charge in [-0.3, -0.25) is 14.2 Å². The molecule has 5 rings (SSSR count). The Labute approximate surface area is 194 Å². The van der Waals surface area contributed by atoms with Crippen molar-refractivity contribution in [2.24, 2.45) is 0 Å². The molecule has 0 atom stereocenters. The van der Waals surface area contributed by atoms with Gasteiger partial charge in [0, 0.05) is 31.9 Å². The molecule has 1 fully saturated rings. The van der Waals surface area contributed by atoms with Gasteiger partial charge in [0.25, 0.3) is 5.91 Å². The summed E-state index contributed by atoms with van der Waals surface area (Å²) < 4.78 is 2.10. The normalized spacial score (nSPS) is 14.1. The highest BCUT2D eigenvalue weighted by atomic mass is 32.2. The molecule has 4 aromatic rings. The fourth-order valence-corrected chi connectivity index (χ4v) is 5.48. The number of fused-ring (bicyclic) bond motifs is 1. The summed E-state index contributed by atoms with van der Waals surface area (Å²) in [6.07, 6.45) is 0. The van der Waals surface area contributed by atoms with Crippen LogP contribution in [0.1, 0.15) is 9.67 Å². The third-order valence-corrected chi connectivity index (χ3v) is 7.30. The number of para-hydroxylation sites is 3. The third-order valence-electron chi connectivity index (χ3n) is 5.52. The van der Waals surface area contributed by atoms with E-state index in [-0.39, 0.29) is 11.8 Å². The smallest absolute Gasteiger partial charge is 0.264 e. The zero-order valence-corrected chi connectivity index (χ0v) is 19.0. The summed E-state index contributed by atoms with van der Waals surface area (Å²) >= 11 is 2.91. The van der Waals surface area contributed by atoms with Gasteiger partial charge >= 0.3 is 0 Å². The van der Waals surface area contributed by atoms with E-state index in [1.807, 2.05) is 81.9 Å². The van der Waals surface area contributed by atoms with Crippen LogP contribution in [-0.2, 0) is 4.79 Å². The predicted octanol–water partition coefficient (Wildman–Crippen LogP) is 4.16. The van der Waals surface area contributed by atoms with Gasteiger partial charge in [-0.2, -0.15) is 0 Å². The van der Waals surface area contributed by atoms with E-state index in [1.54, 1.807) is 0 Å². The molecule has 1 saturated heterocycles. The molecule has 0 radical (unpaired) electrons. The standard InChI is InChI=1S/C24H22N4O2S2/c29-22(26-12-14-27(15-13-26)23(30)21-11-6-16-31-21)17-32-24-25-19-9-4-5-10-20(19)28(24)18-7-2-1-3-8-18/h1-11,16H,12-15,17H2. The maximum Gasteiger partial charge on any atom is 0.264 e. The minimum absolute atomic E-state index is 0.0538. The van der Waals surface area contributed by atoms with E-state index in [2.05, 4.69) is 4.57 Å². The van der Waals surface area contributed by atoms with E-state index in [0.717, 1.165) is 26.8 Å². The molecule has 3 heterocycles. The van der Waals surface area contributed by atoms with E-state index >= 15 is 0 Å². The topological polar surface area (TPSA) is 58.4 Å². The Morgan fingerprint density at radius 2 is 1.59 bits per heavy atom. The summed E-state index contributed by atoms with van der Waals surface area (Å²) in [5.74, 6) is 0.442. The average molecular weight is 463 g/mol. The van der Waals surface area contributed by atoms with Crippen molar-refractivity contribution in [2.75, 3.05) is 31.9 Å². The van der Waals surface area contributed by atoms with E-state index in [4.69, 9.17) is 4.98 Å². The molecule has 2 aromatic heterocycles. The predicted molar refractivity (Wildman–Crippen MR) is 129 cm³/mol. The van der Waals surface area contributed by atoms with Gasteiger partial charge in [-0.25, -0.2) is 4.98 Å². The van der Waals surface area contributed by atoms with Gasteiger partial charge < -0.3 is 9.80 Å². The highest BCUT2D eigenvalue weighted by Gasteiger charge is 2.25. The van der Waals surface area contributed by atoms with Crippen molar-refractivity contribution in [1.82, 2.24) is 19.4 Å². The van der Waals surface area contributed by atoms with Crippen molar-refractivity contribution in [2.45, 2.75) is 5.16 Å². The number of thiophene rings is 1. The first kappa shape index (κ1) is 20.8. The summed E-state index contributed by atoms with van der Waals surface area (Å²) in [5.41, 5.74) is 2.96. The summed E-state index contributed by atoms with van der Waals surface area (Å²) in [4.78, 5) is 34.6. The molecule has 32 heavy (non-hydrogen) atoms. The zero-order chi connectivity index (χ0) is 21.9. The SMILES string of the molecule is O=C(CSc1nc2ccccc2n1-c1ccccc1)N1CCN(C(=O)c2cccs2)CC1. The lowest BCUT2D eigenvalue weighted by Crippen LogP contribution is -2.51. The van der Waals surface area contributed by atoms with Crippen molar-refractivity contribution >= 4 is 45.9 Å². The van der Waals surface area contributed by atoms with Crippen LogP contribution in [0, 0.1) is 0 Å². The highest BCUT2D eigenvalue weighted by molar-refractivity contribution is 7.99. The molecule has 0 spiro atoms. The quantitative estimate of drug-likeness (QED) is 0.418. The van der Waals surface area contributed by atoms with Crippen molar-refractivity contribution in [3.05, 3.63) is 77.0 Å². The number of rotatable bonds is 5. The second-order valence-electron chi connectivity index (χ2n) is 7.49. The Hall–Kier alpha value is -3.10. The minimum atomic E-state index is 0.0538. The Morgan fingerprint density at radius 1 is 0.875 bits per heavy atom. The van der Waals surface area contributed by atoms with Crippen LogP contribution in [0.15, 0.2) is 77.3 Å². The van der Waals surface area contributed by atoms with Crippen LogP contribution in [0.5, 0.6) is 0 Å². The van der Waals surface area contributed by atoms with Crippen LogP contribution >= 0.6 is 23.1 Å². The van der Waals surface area contributed by atoms with E-state index in [1.165, 1.54) is 23.1 Å². The fourth-order valence-electron chi connectivity index (χ4n) is 3.86. The monoisotopic (exact) mass is 462 g/mol. The summed E-state index contributed by atoms with van der Waals surface area (Å²) in [7, 11) is 0. The molecule has 0 bridgehead atoms. The minimum Gasteiger partial charge on any atom is -0.338 e. The number of benzene rings is 2. The molecule has 2 amide bonds. The number of amides is 2. The van der Waals surface area contributed by atoms with Crippen LogP contribution in [0.4, 0.5) is 0 Å². The number of piperazine rings is 1. The summed E-state index contributed by atoms with van der Waals surface area (Å²) in [5, 5.41) is 2.71. The van der Waals surface area contributed by atoms with Gasteiger partial charge in [0.2, 0.25) is 5.91 Å². The molecular weight excluding hydrogens is 440 g/mol. The second-order valence-corrected chi connectivity index (χ2v) is 9.38. The van der Waals surface area contributed by atoms with Crippen molar-refractivity contribution in [3.8, 4) is 5.69 Å². The molecule has 0 aliphatic carbocycles. The van der Waals surface area contributed by atoms with Gasteiger partial charge in [-0.05, 0) is 35.7 Å². The molecule has 162 valence electrons. The number of thioether (sulfide) groups is 1. The molecular formula is C24H22N4O2S2. The number of hydrogen-bond donors (Lipinski definition) is 0. The van der Waals surface area contributed by atoms with Crippen molar-refractivity contribution in [1.29, 1.82) is 0 Å². The molecule has 8 heteroatoms.